The first-order valence-electron chi connectivity index (χ1n) is 8.46. The Morgan fingerprint density at radius 2 is 1.89 bits per heavy atom. The maximum absolute atomic E-state index is 13.4. The highest BCUT2D eigenvalue weighted by Gasteiger charge is 2.09. The van der Waals surface area contributed by atoms with E-state index in [0.29, 0.717) is 12.6 Å². The topological polar surface area (TPSA) is 64.0 Å². The summed E-state index contributed by atoms with van der Waals surface area (Å²) in [7, 11) is 1.66. The quantitative estimate of drug-likeness (QED) is 0.654. The van der Waals surface area contributed by atoms with Crippen LogP contribution in [0, 0.1) is 18.6 Å². The third-order valence-corrected chi connectivity index (χ3v) is 3.92. The molecule has 1 unspecified atom stereocenters. The van der Waals surface area contributed by atoms with E-state index in [1.54, 1.807) is 7.11 Å². The summed E-state index contributed by atoms with van der Waals surface area (Å²) in [5.41, 5.74) is 3.02. The standard InChI is InChI=1S/C19H21F2N5O/c1-12-4-5-16(23-13(2)10-27-3)9-18(12)24-19-22-11-26(25-19)17-7-14(20)6-15(21)8-17/h4-9,11,13,23H,10H2,1-3H3,(H,24,25). The van der Waals surface area contributed by atoms with Gasteiger partial charge in [-0.3, -0.25) is 0 Å². The highest BCUT2D eigenvalue weighted by molar-refractivity contribution is 5.65. The Kier molecular flexibility index (Phi) is 5.66. The second-order valence-corrected chi connectivity index (χ2v) is 6.30. The number of ether oxygens (including phenoxy) is 1. The molecule has 0 aliphatic rings. The molecule has 0 aliphatic carbocycles. The largest absolute Gasteiger partial charge is 0.383 e. The van der Waals surface area contributed by atoms with Crippen LogP contribution in [0.4, 0.5) is 26.1 Å². The van der Waals surface area contributed by atoms with Crippen molar-refractivity contribution in [2.75, 3.05) is 24.4 Å². The van der Waals surface area contributed by atoms with Gasteiger partial charge in [-0.1, -0.05) is 6.07 Å². The fourth-order valence-corrected chi connectivity index (χ4v) is 2.66. The number of hydrogen-bond donors (Lipinski definition) is 2. The molecular weight excluding hydrogens is 352 g/mol. The normalized spacial score (nSPS) is 12.0. The van der Waals surface area contributed by atoms with Gasteiger partial charge in [0.15, 0.2) is 0 Å². The average Bonchev–Trinajstić information content (AvgIpc) is 3.06. The Morgan fingerprint density at radius 1 is 1.15 bits per heavy atom. The molecule has 8 heteroatoms. The second-order valence-electron chi connectivity index (χ2n) is 6.30. The molecule has 6 nitrogen and oxygen atoms in total. The van der Waals surface area contributed by atoms with E-state index in [2.05, 4.69) is 20.7 Å². The number of nitrogens with one attached hydrogen (secondary N) is 2. The summed E-state index contributed by atoms with van der Waals surface area (Å²) >= 11 is 0. The van der Waals surface area contributed by atoms with Crippen molar-refractivity contribution in [2.45, 2.75) is 19.9 Å². The highest BCUT2D eigenvalue weighted by Crippen LogP contribution is 2.23. The van der Waals surface area contributed by atoms with Gasteiger partial charge in [-0.2, -0.15) is 4.98 Å². The zero-order valence-electron chi connectivity index (χ0n) is 15.3. The minimum Gasteiger partial charge on any atom is -0.383 e. The molecule has 0 spiro atoms. The van der Waals surface area contributed by atoms with Crippen molar-refractivity contribution < 1.29 is 13.5 Å². The van der Waals surface area contributed by atoms with Gasteiger partial charge < -0.3 is 15.4 Å². The van der Waals surface area contributed by atoms with Crippen LogP contribution < -0.4 is 10.6 Å². The summed E-state index contributed by atoms with van der Waals surface area (Å²) in [4.78, 5) is 4.16. The molecular formula is C19H21F2N5O. The summed E-state index contributed by atoms with van der Waals surface area (Å²) < 4.78 is 33.2. The van der Waals surface area contributed by atoms with Crippen LogP contribution in [0.25, 0.3) is 5.69 Å². The fourth-order valence-electron chi connectivity index (χ4n) is 2.66. The minimum atomic E-state index is -0.671. The van der Waals surface area contributed by atoms with Gasteiger partial charge in [-0.25, -0.2) is 13.5 Å². The summed E-state index contributed by atoms with van der Waals surface area (Å²) in [5, 5.41) is 10.7. The first-order valence-corrected chi connectivity index (χ1v) is 8.46. The van der Waals surface area contributed by atoms with Gasteiger partial charge >= 0.3 is 0 Å². The average molecular weight is 373 g/mol. The van der Waals surface area contributed by atoms with Crippen molar-refractivity contribution >= 4 is 17.3 Å². The highest BCUT2D eigenvalue weighted by atomic mass is 19.1. The van der Waals surface area contributed by atoms with Crippen LogP contribution >= 0.6 is 0 Å². The summed E-state index contributed by atoms with van der Waals surface area (Å²) in [5.74, 6) is -1.02. The molecule has 0 saturated heterocycles. The number of anilines is 3. The molecule has 1 atom stereocenters. The van der Waals surface area contributed by atoms with Gasteiger partial charge in [0.2, 0.25) is 5.95 Å². The van der Waals surface area contributed by atoms with Crippen molar-refractivity contribution in [3.8, 4) is 5.69 Å². The maximum Gasteiger partial charge on any atom is 0.246 e. The lowest BCUT2D eigenvalue weighted by molar-refractivity contribution is 0.190. The summed E-state index contributed by atoms with van der Waals surface area (Å²) in [6.07, 6.45) is 1.40. The van der Waals surface area contributed by atoms with E-state index in [9.17, 15) is 8.78 Å². The molecule has 142 valence electrons. The number of nitrogens with zero attached hydrogens (tertiary/aromatic N) is 3. The molecule has 0 amide bonds. The molecule has 0 bridgehead atoms. The molecule has 1 heterocycles. The van der Waals surface area contributed by atoms with Gasteiger partial charge in [0.1, 0.15) is 18.0 Å². The Morgan fingerprint density at radius 3 is 2.59 bits per heavy atom. The van der Waals surface area contributed by atoms with Crippen LogP contribution in [0.5, 0.6) is 0 Å². The first kappa shape index (κ1) is 18.8. The lowest BCUT2D eigenvalue weighted by Gasteiger charge is -2.16. The molecule has 0 aliphatic heterocycles. The second kappa shape index (κ2) is 8.13. The summed E-state index contributed by atoms with van der Waals surface area (Å²) in [6.45, 7) is 4.58. The van der Waals surface area contributed by atoms with E-state index in [4.69, 9.17) is 4.74 Å². The molecule has 0 fully saturated rings. The lowest BCUT2D eigenvalue weighted by atomic mass is 10.1. The monoisotopic (exact) mass is 373 g/mol. The SMILES string of the molecule is COCC(C)Nc1ccc(C)c(Nc2ncn(-c3cc(F)cc(F)c3)n2)c1. The molecule has 1 aromatic heterocycles. The van der Waals surface area contributed by atoms with Crippen molar-refractivity contribution in [1.82, 2.24) is 14.8 Å². The van der Waals surface area contributed by atoms with Crippen LogP contribution in [0.2, 0.25) is 0 Å². The number of hydrogen-bond acceptors (Lipinski definition) is 5. The zero-order valence-corrected chi connectivity index (χ0v) is 15.3. The van der Waals surface area contributed by atoms with E-state index < -0.39 is 11.6 Å². The van der Waals surface area contributed by atoms with Crippen LogP contribution in [0.1, 0.15) is 12.5 Å². The van der Waals surface area contributed by atoms with E-state index in [1.807, 2.05) is 32.0 Å². The van der Waals surface area contributed by atoms with Gasteiger partial charge in [0.05, 0.1) is 12.3 Å². The third-order valence-electron chi connectivity index (χ3n) is 3.92. The Hall–Kier alpha value is -3.00. The summed E-state index contributed by atoms with van der Waals surface area (Å²) in [6, 6.07) is 9.25. The first-order chi connectivity index (χ1) is 12.9. The minimum absolute atomic E-state index is 0.158. The third kappa shape index (κ3) is 4.79. The van der Waals surface area contributed by atoms with Crippen molar-refractivity contribution in [2.24, 2.45) is 0 Å². The van der Waals surface area contributed by atoms with E-state index >= 15 is 0 Å². The number of aromatic nitrogens is 3. The zero-order chi connectivity index (χ0) is 19.4. The van der Waals surface area contributed by atoms with Gasteiger partial charge in [0.25, 0.3) is 0 Å². The van der Waals surface area contributed by atoms with Gasteiger partial charge in [-0.05, 0) is 43.7 Å². The number of aryl methyl sites for hydroxylation is 1. The van der Waals surface area contributed by atoms with E-state index in [1.165, 1.54) is 23.1 Å². The van der Waals surface area contributed by atoms with Crippen molar-refractivity contribution in [3.05, 3.63) is 59.9 Å². The van der Waals surface area contributed by atoms with Crippen LogP contribution in [-0.2, 0) is 4.74 Å². The number of methoxy groups -OCH3 is 1. The van der Waals surface area contributed by atoms with Gasteiger partial charge in [-0.15, -0.1) is 5.10 Å². The molecule has 0 saturated carbocycles. The number of benzene rings is 2. The Bertz CT molecular complexity index is 908. The number of halogens is 2. The Labute approximate surface area is 156 Å². The lowest BCUT2D eigenvalue weighted by Crippen LogP contribution is -2.20. The maximum atomic E-state index is 13.4. The van der Waals surface area contributed by atoms with Gasteiger partial charge in [0, 0.05) is 30.6 Å². The van der Waals surface area contributed by atoms with E-state index in [-0.39, 0.29) is 11.7 Å². The molecule has 3 aromatic rings. The molecule has 2 N–H and O–H groups in total. The van der Waals surface area contributed by atoms with Crippen LogP contribution in [0.3, 0.4) is 0 Å². The number of rotatable bonds is 7. The van der Waals surface area contributed by atoms with Crippen LogP contribution in [0.15, 0.2) is 42.7 Å². The fraction of sp³-hybridized carbons (Fsp3) is 0.263. The molecule has 0 radical (unpaired) electrons. The predicted octanol–water partition coefficient (Wildman–Crippen LogP) is 4.04. The predicted molar refractivity (Wildman–Crippen MR) is 101 cm³/mol. The Balaban J connectivity index is 1.78. The molecule has 2 aromatic carbocycles. The van der Waals surface area contributed by atoms with E-state index in [0.717, 1.165) is 23.0 Å². The van der Waals surface area contributed by atoms with Crippen LogP contribution in [-0.4, -0.2) is 34.5 Å². The van der Waals surface area contributed by atoms with Crippen molar-refractivity contribution in [1.29, 1.82) is 0 Å². The molecule has 27 heavy (non-hydrogen) atoms. The van der Waals surface area contributed by atoms with Crippen molar-refractivity contribution in [3.63, 3.8) is 0 Å². The molecule has 3 rings (SSSR count). The smallest absolute Gasteiger partial charge is 0.246 e.